The Morgan fingerprint density at radius 3 is 2.30 bits per heavy atom. The van der Waals surface area contributed by atoms with Gasteiger partial charge in [0.1, 0.15) is 0 Å². The number of aliphatic hydroxyl groups is 1. The van der Waals surface area contributed by atoms with Gasteiger partial charge in [0, 0.05) is 26.2 Å². The van der Waals surface area contributed by atoms with Crippen LogP contribution in [0, 0.1) is 19.9 Å². The molecule has 0 fully saturated rings. The number of hydrogen-bond donors (Lipinski definition) is 1. The van der Waals surface area contributed by atoms with E-state index in [2.05, 4.69) is 73.6 Å². The maximum atomic E-state index is 10.0. The van der Waals surface area contributed by atoms with Crippen molar-refractivity contribution in [2.24, 2.45) is 0 Å². The van der Waals surface area contributed by atoms with Crippen molar-refractivity contribution in [1.82, 2.24) is 4.98 Å². The number of carbonyl (C=O) groups is 1. The van der Waals surface area contributed by atoms with Gasteiger partial charge in [-0.25, -0.2) is 0 Å². The largest absolute Gasteiger partial charge is 0 e. The average molecular weight is 697 g/mol. The molecule has 1 N–H and O–H groups in total. The Labute approximate surface area is 216 Å². The van der Waals surface area contributed by atoms with E-state index in [1.54, 1.807) is 4.40 Å². The number of aromatic nitrogens is 1. The molecule has 0 amide bonds. The molecule has 3 nitrogen and oxygen atoms in total. The minimum Gasteiger partial charge on any atom is 0 e. The number of hydrogen-bond acceptors (Lipinski definition) is 4. The number of carbonyl (C=O) groups excluding carboxylic acids is 1. The quantitative estimate of drug-likeness (QED) is 0.108. The molecule has 1 radical (unpaired) electrons. The van der Waals surface area contributed by atoms with Crippen LogP contribution in [0.3, 0.4) is 0 Å². The van der Waals surface area contributed by atoms with Crippen LogP contribution in [0.5, 0.6) is 0 Å². The zero-order valence-electron chi connectivity index (χ0n) is 20.2. The molecule has 0 aliphatic carbocycles. The Morgan fingerprint density at radius 2 is 1.76 bits per heavy atom. The first kappa shape index (κ1) is 27.5. The summed E-state index contributed by atoms with van der Waals surface area (Å²) in [5, 5.41) is 11.0. The van der Waals surface area contributed by atoms with Crippen molar-refractivity contribution in [3.63, 3.8) is 0 Å². The molecule has 0 aliphatic heterocycles. The Kier molecular flexibility index (Phi) is 9.23. The predicted molar refractivity (Wildman–Crippen MR) is 141 cm³/mol. The molecular weight excluding hydrogens is 667 g/mol. The van der Waals surface area contributed by atoms with Crippen molar-refractivity contribution in [1.29, 1.82) is 0 Å². The van der Waals surface area contributed by atoms with Gasteiger partial charge in [0.05, 0.1) is 5.76 Å². The number of nitrogens with zero attached hydrogens (tertiary/aromatic N) is 1. The molecule has 2 aromatic carbocycles. The Bertz CT molecular complexity index is 1310. The number of fused-ring (bicyclic) bond motifs is 3. The van der Waals surface area contributed by atoms with E-state index in [0.29, 0.717) is 0 Å². The second-order valence-electron chi connectivity index (χ2n) is 9.25. The van der Waals surface area contributed by atoms with E-state index in [1.807, 2.05) is 17.5 Å². The monoisotopic (exact) mass is 699 g/mol. The summed E-state index contributed by atoms with van der Waals surface area (Å²) in [4.78, 5) is 14.7. The molecule has 6 heteroatoms. The van der Waals surface area contributed by atoms with Gasteiger partial charge in [-0.05, 0) is 13.8 Å². The fourth-order valence-electron chi connectivity index (χ4n) is 3.68. The number of allylic oxidation sites excluding steroid dienone is 2. The van der Waals surface area contributed by atoms with Crippen molar-refractivity contribution >= 4 is 55.0 Å². The van der Waals surface area contributed by atoms with Gasteiger partial charge >= 0.3 is 156 Å². The molecular formula is C27H30GeIrNO2S-. The Balaban J connectivity index is 0.000000423. The number of thiophene rings is 1. The molecule has 0 spiro atoms. The Hall–Kier alpha value is -1.79. The van der Waals surface area contributed by atoms with Crippen molar-refractivity contribution in [2.75, 3.05) is 0 Å². The normalized spacial score (nSPS) is 11.7. The zero-order valence-corrected chi connectivity index (χ0v) is 25.5. The number of benzene rings is 2. The van der Waals surface area contributed by atoms with Crippen molar-refractivity contribution in [3.05, 3.63) is 71.6 Å². The van der Waals surface area contributed by atoms with Crippen molar-refractivity contribution in [3.8, 4) is 11.3 Å². The third-order valence-electron chi connectivity index (χ3n) is 5.07. The number of aliphatic hydroxyl groups excluding tert-OH is 1. The van der Waals surface area contributed by atoms with Crippen molar-refractivity contribution < 1.29 is 30.0 Å². The summed E-state index contributed by atoms with van der Waals surface area (Å²) in [6.07, 6.45) is 3.10. The van der Waals surface area contributed by atoms with Gasteiger partial charge in [-0.2, -0.15) is 0 Å². The molecule has 4 aromatic rings. The standard InChI is InChI=1S/C22H22GeNS.C5H8O2.Ir/c1-14-10-15(2)12-16(11-14)21-22-19(8-9-24-21)18-7-6-17(23(3,4)5)13-20(18)25-22;1-4(6)3-5(2)7;/h6-11,13H,1-5H3;3,6H,1-2H3;/q-1;;/b;4-3-;. The predicted octanol–water partition coefficient (Wildman–Crippen LogP) is 7.11. The van der Waals surface area contributed by atoms with Crippen LogP contribution in [0.25, 0.3) is 31.4 Å². The van der Waals surface area contributed by atoms with E-state index in [9.17, 15) is 4.79 Å². The molecule has 0 aliphatic rings. The smallest absolute Gasteiger partial charge is 0 e. The van der Waals surface area contributed by atoms with Crippen LogP contribution >= 0.6 is 11.3 Å². The zero-order chi connectivity index (χ0) is 23.6. The van der Waals surface area contributed by atoms with Crippen LogP contribution in [0.1, 0.15) is 25.0 Å². The first-order valence-electron chi connectivity index (χ1n) is 10.7. The number of rotatable bonds is 3. The number of ketones is 1. The third kappa shape index (κ3) is 6.86. The molecule has 33 heavy (non-hydrogen) atoms. The molecule has 4 rings (SSSR count). The first-order chi connectivity index (χ1) is 15.0. The van der Waals surface area contributed by atoms with Gasteiger partial charge in [-0.3, -0.25) is 4.79 Å². The van der Waals surface area contributed by atoms with E-state index in [-0.39, 0.29) is 31.6 Å². The van der Waals surface area contributed by atoms with E-state index in [1.165, 1.54) is 45.7 Å². The van der Waals surface area contributed by atoms with E-state index in [4.69, 9.17) is 10.1 Å². The van der Waals surface area contributed by atoms with Crippen LogP contribution in [-0.2, 0) is 24.9 Å². The summed E-state index contributed by atoms with van der Waals surface area (Å²) in [6, 6.07) is 17.1. The number of aryl methyl sites for hydroxylation is 2. The fraction of sp³-hybridized carbons (Fsp3) is 0.259. The van der Waals surface area contributed by atoms with Gasteiger partial charge in [-0.1, -0.05) is 0 Å². The van der Waals surface area contributed by atoms with Crippen LogP contribution in [0.15, 0.2) is 54.4 Å². The second kappa shape index (κ2) is 11.1. The molecule has 0 unspecified atom stereocenters. The summed E-state index contributed by atoms with van der Waals surface area (Å²) in [6.45, 7) is 7.09. The van der Waals surface area contributed by atoms with Gasteiger partial charge in [0.2, 0.25) is 0 Å². The number of pyridine rings is 1. The van der Waals surface area contributed by atoms with Crippen LogP contribution < -0.4 is 4.40 Å². The van der Waals surface area contributed by atoms with E-state index in [0.717, 1.165) is 16.8 Å². The maximum absolute atomic E-state index is 10.0. The maximum Gasteiger partial charge on any atom is 0 e. The van der Waals surface area contributed by atoms with E-state index < -0.39 is 13.3 Å². The van der Waals surface area contributed by atoms with Gasteiger partial charge in [0.25, 0.3) is 0 Å². The molecule has 0 atom stereocenters. The second-order valence-corrected chi connectivity index (χ2v) is 21.0. The van der Waals surface area contributed by atoms with Crippen LogP contribution in [0.2, 0.25) is 17.3 Å². The molecule has 0 saturated heterocycles. The van der Waals surface area contributed by atoms with E-state index >= 15 is 0 Å². The summed E-state index contributed by atoms with van der Waals surface area (Å²) >= 11 is 0.0523. The molecule has 0 saturated carbocycles. The minimum absolute atomic E-state index is 0. The fourth-order valence-corrected chi connectivity index (χ4v) is 7.57. The Morgan fingerprint density at radius 1 is 1.06 bits per heavy atom. The topological polar surface area (TPSA) is 50.2 Å². The van der Waals surface area contributed by atoms with Gasteiger partial charge in [-0.15, -0.1) is 0 Å². The molecule has 0 bridgehead atoms. The van der Waals surface area contributed by atoms with Crippen molar-refractivity contribution in [2.45, 2.75) is 45.0 Å². The SMILES string of the molecule is CC(=O)/C=C(/C)O.Cc1[c-]c(-c2nccc3c2sc2c[c]([Ge]([CH3])([CH3])[CH3])ccc23)cc(C)c1.[Ir]. The summed E-state index contributed by atoms with van der Waals surface area (Å²) in [5.41, 5.74) is 4.58. The summed E-state index contributed by atoms with van der Waals surface area (Å²) < 4.78 is 4.22. The third-order valence-corrected chi connectivity index (χ3v) is 10.5. The minimum atomic E-state index is -1.82. The molecule has 2 aromatic heterocycles. The first-order valence-corrected chi connectivity index (χ1v) is 18.8. The van der Waals surface area contributed by atoms with Crippen LogP contribution in [0.4, 0.5) is 0 Å². The summed E-state index contributed by atoms with van der Waals surface area (Å²) in [5.74, 6) is 7.29. The summed E-state index contributed by atoms with van der Waals surface area (Å²) in [7, 11) is 0. The molecule has 2 heterocycles. The molecule has 175 valence electrons. The van der Waals surface area contributed by atoms with Gasteiger partial charge < -0.3 is 5.11 Å². The average Bonchev–Trinajstić information content (AvgIpc) is 3.03. The van der Waals surface area contributed by atoms with Gasteiger partial charge in [0.15, 0.2) is 5.78 Å². The van der Waals surface area contributed by atoms with Crippen LogP contribution in [-0.4, -0.2) is 29.1 Å².